The summed E-state index contributed by atoms with van der Waals surface area (Å²) in [6, 6.07) is -0.714. The Bertz CT molecular complexity index is 264. The Morgan fingerprint density at radius 1 is 1.40 bits per heavy atom. The Morgan fingerprint density at radius 2 is 2.00 bits per heavy atom. The molecule has 0 bridgehead atoms. The molecule has 1 rings (SSSR count). The summed E-state index contributed by atoms with van der Waals surface area (Å²) in [5.74, 6) is -1.77. The molecule has 86 valence electrons. The van der Waals surface area contributed by atoms with E-state index in [1.165, 1.54) is 0 Å². The first-order chi connectivity index (χ1) is 6.93. The number of carboxylic acid groups (broad SMARTS) is 2. The van der Waals surface area contributed by atoms with Gasteiger partial charge in [-0.2, -0.15) is 0 Å². The number of hydrogen-bond acceptors (Lipinski definition) is 3. The van der Waals surface area contributed by atoms with Crippen molar-refractivity contribution in [1.29, 1.82) is 0 Å². The van der Waals surface area contributed by atoms with Gasteiger partial charge in [0, 0.05) is 0 Å². The van der Waals surface area contributed by atoms with Gasteiger partial charge < -0.3 is 15.5 Å². The topological polar surface area (TPSA) is 86.6 Å². The van der Waals surface area contributed by atoms with Gasteiger partial charge in [0.15, 0.2) is 0 Å². The zero-order chi connectivity index (χ0) is 11.6. The Balaban J connectivity index is 2.77. The molecular weight excluding hydrogens is 198 g/mol. The van der Waals surface area contributed by atoms with Gasteiger partial charge in [-0.3, -0.25) is 9.59 Å². The van der Waals surface area contributed by atoms with Crippen LogP contribution in [0.15, 0.2) is 0 Å². The zero-order valence-corrected chi connectivity index (χ0v) is 8.93. The molecule has 1 fully saturated rings. The lowest BCUT2D eigenvalue weighted by Gasteiger charge is -2.22. The van der Waals surface area contributed by atoms with Crippen molar-refractivity contribution >= 4 is 11.9 Å². The van der Waals surface area contributed by atoms with E-state index in [9.17, 15) is 9.59 Å². The number of carbonyl (C=O) groups is 2. The van der Waals surface area contributed by atoms with Crippen LogP contribution < -0.4 is 5.32 Å². The maximum atomic E-state index is 10.9. The number of hydrogen-bond donors (Lipinski definition) is 3. The van der Waals surface area contributed by atoms with E-state index in [1.807, 2.05) is 13.8 Å². The van der Waals surface area contributed by atoms with Gasteiger partial charge >= 0.3 is 11.9 Å². The van der Waals surface area contributed by atoms with Crippen LogP contribution in [-0.4, -0.2) is 34.7 Å². The highest BCUT2D eigenvalue weighted by Crippen LogP contribution is 2.31. The Labute approximate surface area is 88.5 Å². The molecule has 5 nitrogen and oxygen atoms in total. The van der Waals surface area contributed by atoms with Gasteiger partial charge in [0.2, 0.25) is 0 Å². The lowest BCUT2D eigenvalue weighted by atomic mass is 9.81. The van der Waals surface area contributed by atoms with E-state index in [0.29, 0.717) is 12.5 Å². The predicted molar refractivity (Wildman–Crippen MR) is 53.5 cm³/mol. The maximum Gasteiger partial charge on any atom is 0.321 e. The second kappa shape index (κ2) is 4.61. The third-order valence-electron chi connectivity index (χ3n) is 3.08. The lowest BCUT2D eigenvalue weighted by molar-refractivity contribution is -0.142. The lowest BCUT2D eigenvalue weighted by Crippen LogP contribution is -2.37. The summed E-state index contributed by atoms with van der Waals surface area (Å²) in [4.78, 5) is 21.6. The molecule has 0 radical (unpaired) electrons. The van der Waals surface area contributed by atoms with Gasteiger partial charge in [0.25, 0.3) is 0 Å². The van der Waals surface area contributed by atoms with Crippen LogP contribution >= 0.6 is 0 Å². The van der Waals surface area contributed by atoms with Gasteiger partial charge in [0.05, 0.1) is 6.42 Å². The van der Waals surface area contributed by atoms with Crippen molar-refractivity contribution in [2.24, 2.45) is 17.8 Å². The molecule has 0 amide bonds. The molecule has 0 unspecified atom stereocenters. The Hall–Kier alpha value is -1.10. The van der Waals surface area contributed by atoms with E-state index in [0.717, 1.165) is 0 Å². The monoisotopic (exact) mass is 215 g/mol. The van der Waals surface area contributed by atoms with Gasteiger partial charge in [-0.25, -0.2) is 0 Å². The van der Waals surface area contributed by atoms with Crippen LogP contribution in [0.4, 0.5) is 0 Å². The smallest absolute Gasteiger partial charge is 0.321 e. The fourth-order valence-corrected chi connectivity index (χ4v) is 2.28. The van der Waals surface area contributed by atoms with Crippen LogP contribution in [0.1, 0.15) is 20.3 Å². The molecule has 1 aliphatic rings. The largest absolute Gasteiger partial charge is 0.481 e. The van der Waals surface area contributed by atoms with Crippen molar-refractivity contribution in [2.75, 3.05) is 6.54 Å². The van der Waals surface area contributed by atoms with E-state index in [2.05, 4.69) is 5.32 Å². The number of nitrogens with one attached hydrogen (secondary N) is 1. The molecule has 0 aromatic carbocycles. The van der Waals surface area contributed by atoms with Crippen LogP contribution in [-0.2, 0) is 9.59 Å². The first-order valence-corrected chi connectivity index (χ1v) is 5.11. The van der Waals surface area contributed by atoms with Crippen molar-refractivity contribution in [3.8, 4) is 0 Å². The molecule has 0 saturated carbocycles. The fraction of sp³-hybridized carbons (Fsp3) is 0.800. The average Bonchev–Trinajstić information content (AvgIpc) is 2.46. The van der Waals surface area contributed by atoms with Crippen LogP contribution in [0.3, 0.4) is 0 Å². The van der Waals surface area contributed by atoms with Crippen LogP contribution in [0, 0.1) is 17.8 Å². The number of carboxylic acids is 2. The highest BCUT2D eigenvalue weighted by molar-refractivity contribution is 5.76. The highest BCUT2D eigenvalue weighted by atomic mass is 16.4. The summed E-state index contributed by atoms with van der Waals surface area (Å²) in [6.07, 6.45) is -0.0766. The summed E-state index contributed by atoms with van der Waals surface area (Å²) >= 11 is 0. The molecule has 0 aromatic heterocycles. The van der Waals surface area contributed by atoms with E-state index in [1.54, 1.807) is 0 Å². The average molecular weight is 215 g/mol. The van der Waals surface area contributed by atoms with Gasteiger partial charge in [-0.15, -0.1) is 0 Å². The Morgan fingerprint density at radius 3 is 2.40 bits per heavy atom. The van der Waals surface area contributed by atoms with Crippen molar-refractivity contribution in [3.63, 3.8) is 0 Å². The summed E-state index contributed by atoms with van der Waals surface area (Å²) in [5, 5.41) is 20.6. The first-order valence-electron chi connectivity index (χ1n) is 5.11. The van der Waals surface area contributed by atoms with Crippen molar-refractivity contribution < 1.29 is 19.8 Å². The second-order valence-electron chi connectivity index (χ2n) is 4.39. The van der Waals surface area contributed by atoms with Crippen molar-refractivity contribution in [3.05, 3.63) is 0 Å². The van der Waals surface area contributed by atoms with E-state index in [-0.39, 0.29) is 18.3 Å². The van der Waals surface area contributed by atoms with Crippen LogP contribution in [0.25, 0.3) is 0 Å². The molecule has 3 N–H and O–H groups in total. The summed E-state index contributed by atoms with van der Waals surface area (Å²) < 4.78 is 0. The van der Waals surface area contributed by atoms with Crippen molar-refractivity contribution in [1.82, 2.24) is 5.32 Å². The third-order valence-corrected chi connectivity index (χ3v) is 3.08. The van der Waals surface area contributed by atoms with E-state index >= 15 is 0 Å². The molecule has 5 heteroatoms. The van der Waals surface area contributed by atoms with E-state index < -0.39 is 18.0 Å². The quantitative estimate of drug-likeness (QED) is 0.632. The number of aliphatic carboxylic acids is 2. The third kappa shape index (κ3) is 2.68. The van der Waals surface area contributed by atoms with Crippen LogP contribution in [0.2, 0.25) is 0 Å². The molecular formula is C10H17NO4. The minimum atomic E-state index is -0.954. The molecule has 1 saturated heterocycles. The minimum absolute atomic E-state index is 0.0766. The second-order valence-corrected chi connectivity index (χ2v) is 4.39. The summed E-state index contributed by atoms with van der Waals surface area (Å²) in [5.41, 5.74) is 0. The molecule has 0 spiro atoms. The summed E-state index contributed by atoms with van der Waals surface area (Å²) in [6.45, 7) is 4.57. The maximum absolute atomic E-state index is 10.9. The molecule has 3 atom stereocenters. The molecule has 0 aliphatic carbocycles. The summed E-state index contributed by atoms with van der Waals surface area (Å²) in [7, 11) is 0. The zero-order valence-electron chi connectivity index (χ0n) is 8.93. The highest BCUT2D eigenvalue weighted by Gasteiger charge is 2.42. The number of rotatable bonds is 4. The minimum Gasteiger partial charge on any atom is -0.481 e. The van der Waals surface area contributed by atoms with Gasteiger partial charge in [-0.1, -0.05) is 13.8 Å². The van der Waals surface area contributed by atoms with Crippen molar-refractivity contribution in [2.45, 2.75) is 26.3 Å². The molecule has 15 heavy (non-hydrogen) atoms. The molecule has 0 aromatic rings. The SMILES string of the molecule is CC(C)[C@@H]1CN[C@H](C(=O)O)[C@H]1CC(=O)O. The normalized spacial score (nSPS) is 30.7. The first kappa shape index (κ1) is 12.0. The molecule has 1 aliphatic heterocycles. The molecule has 1 heterocycles. The van der Waals surface area contributed by atoms with Gasteiger partial charge in [0.1, 0.15) is 6.04 Å². The fourth-order valence-electron chi connectivity index (χ4n) is 2.28. The van der Waals surface area contributed by atoms with Crippen LogP contribution in [0.5, 0.6) is 0 Å². The van der Waals surface area contributed by atoms with Gasteiger partial charge in [-0.05, 0) is 24.3 Å². The predicted octanol–water partition coefficient (Wildman–Crippen LogP) is 0.406. The van der Waals surface area contributed by atoms with E-state index in [4.69, 9.17) is 10.2 Å². The standard InChI is InChI=1S/C10H17NO4/c1-5(2)7-4-11-9(10(14)15)6(7)3-8(12)13/h5-7,9,11H,3-4H2,1-2H3,(H,12,13)(H,14,15)/t6-,7-,9-/m0/s1. The Kier molecular flexibility index (Phi) is 3.68.